The zero-order valence-corrected chi connectivity index (χ0v) is 13.1. The van der Waals surface area contributed by atoms with Gasteiger partial charge >= 0.3 is 0 Å². The Morgan fingerprint density at radius 2 is 1.38 bits per heavy atom. The molecule has 21 heavy (non-hydrogen) atoms. The number of rotatable bonds is 4. The summed E-state index contributed by atoms with van der Waals surface area (Å²) < 4.78 is 24.2. The van der Waals surface area contributed by atoms with Gasteiger partial charge in [-0.25, -0.2) is 0 Å². The quantitative estimate of drug-likeness (QED) is 0.697. The smallest absolute Gasteiger partial charge is 0.200 e. The Kier molecular flexibility index (Phi) is 4.43. The van der Waals surface area contributed by atoms with Crippen molar-refractivity contribution in [3.8, 4) is 0 Å². The highest BCUT2D eigenvalue weighted by molar-refractivity contribution is 7.89. The second kappa shape index (κ2) is 6.10. The molecule has 2 aromatic carbocycles. The number of benzene rings is 2. The molecule has 0 bridgehead atoms. The van der Waals surface area contributed by atoms with Crippen LogP contribution in [0.3, 0.4) is 0 Å². The van der Waals surface area contributed by atoms with Gasteiger partial charge in [0.1, 0.15) is 0 Å². The maximum Gasteiger partial charge on any atom is 0.276 e. The highest BCUT2D eigenvalue weighted by Crippen LogP contribution is 2.10. The van der Waals surface area contributed by atoms with E-state index in [4.69, 9.17) is 0 Å². The molecule has 0 radical (unpaired) electrons. The average molecular weight is 302 g/mol. The summed E-state index contributed by atoms with van der Waals surface area (Å²) in [6.45, 7) is 5.67. The third-order valence-electron chi connectivity index (χ3n) is 3.13. The van der Waals surface area contributed by atoms with Crippen molar-refractivity contribution in [1.82, 2.24) is 4.83 Å². The maximum absolute atomic E-state index is 12.1. The molecule has 5 heteroatoms. The number of nitrogens with one attached hydrogen (secondary N) is 1. The minimum Gasteiger partial charge on any atom is -0.200 e. The van der Waals surface area contributed by atoms with Crippen LogP contribution in [-0.4, -0.2) is 14.1 Å². The first kappa shape index (κ1) is 15.3. The van der Waals surface area contributed by atoms with Crippen LogP contribution in [-0.2, 0) is 10.0 Å². The van der Waals surface area contributed by atoms with E-state index in [2.05, 4.69) is 9.93 Å². The van der Waals surface area contributed by atoms with E-state index in [0.29, 0.717) is 5.71 Å². The summed E-state index contributed by atoms with van der Waals surface area (Å²) in [5.41, 5.74) is 3.65. The van der Waals surface area contributed by atoms with Crippen LogP contribution >= 0.6 is 0 Å². The molecule has 0 aromatic heterocycles. The third-order valence-corrected chi connectivity index (χ3v) is 4.36. The van der Waals surface area contributed by atoms with Crippen molar-refractivity contribution in [2.45, 2.75) is 25.7 Å². The predicted octanol–water partition coefficient (Wildman–Crippen LogP) is 3.01. The van der Waals surface area contributed by atoms with Crippen LogP contribution in [0.4, 0.5) is 0 Å². The normalized spacial score (nSPS) is 12.2. The lowest BCUT2D eigenvalue weighted by molar-refractivity contribution is 0.584. The van der Waals surface area contributed by atoms with Gasteiger partial charge in [-0.2, -0.15) is 18.4 Å². The third kappa shape index (κ3) is 3.92. The molecule has 0 spiro atoms. The van der Waals surface area contributed by atoms with Gasteiger partial charge in [-0.05, 0) is 38.5 Å². The summed E-state index contributed by atoms with van der Waals surface area (Å²) in [7, 11) is -3.63. The SMILES string of the molecule is CC(=NNS(=O)(=O)c1ccc(C)cc1)c1ccc(C)cc1. The van der Waals surface area contributed by atoms with Gasteiger partial charge in [-0.3, -0.25) is 0 Å². The molecule has 0 aliphatic heterocycles. The fourth-order valence-corrected chi connectivity index (χ4v) is 2.61. The molecule has 0 fully saturated rings. The molecule has 0 saturated carbocycles. The highest BCUT2D eigenvalue weighted by atomic mass is 32.2. The van der Waals surface area contributed by atoms with Crippen LogP contribution in [0.2, 0.25) is 0 Å². The Hall–Kier alpha value is -2.14. The van der Waals surface area contributed by atoms with Crippen molar-refractivity contribution in [1.29, 1.82) is 0 Å². The van der Waals surface area contributed by atoms with Gasteiger partial charge in [0.15, 0.2) is 0 Å². The number of nitrogens with zero attached hydrogens (tertiary/aromatic N) is 1. The maximum atomic E-state index is 12.1. The van der Waals surface area contributed by atoms with Crippen LogP contribution in [0.5, 0.6) is 0 Å². The Balaban J connectivity index is 2.18. The molecule has 1 N–H and O–H groups in total. The molecule has 0 aliphatic rings. The molecule has 4 nitrogen and oxygen atoms in total. The van der Waals surface area contributed by atoms with Crippen LogP contribution in [0.15, 0.2) is 58.5 Å². The second-order valence-corrected chi connectivity index (χ2v) is 6.63. The molecule has 0 atom stereocenters. The minimum absolute atomic E-state index is 0.202. The fourth-order valence-electron chi connectivity index (χ4n) is 1.76. The Morgan fingerprint density at radius 1 is 0.905 bits per heavy atom. The number of sulfonamides is 1. The van der Waals surface area contributed by atoms with Crippen molar-refractivity contribution in [3.05, 3.63) is 65.2 Å². The summed E-state index contributed by atoms with van der Waals surface area (Å²) in [5, 5.41) is 3.97. The first-order chi connectivity index (χ1) is 9.88. The molecule has 0 unspecified atom stereocenters. The van der Waals surface area contributed by atoms with Gasteiger partial charge in [-0.1, -0.05) is 47.5 Å². The Labute approximate surface area is 125 Å². The second-order valence-electron chi connectivity index (χ2n) is 4.97. The summed E-state index contributed by atoms with van der Waals surface area (Å²) in [5.74, 6) is 0. The molecule has 110 valence electrons. The van der Waals surface area contributed by atoms with E-state index < -0.39 is 10.0 Å². The van der Waals surface area contributed by atoms with E-state index in [-0.39, 0.29) is 4.90 Å². The molecule has 2 rings (SSSR count). The molecule has 0 amide bonds. The van der Waals surface area contributed by atoms with Gasteiger partial charge < -0.3 is 0 Å². The van der Waals surface area contributed by atoms with E-state index in [0.717, 1.165) is 16.7 Å². The van der Waals surface area contributed by atoms with Gasteiger partial charge in [0.2, 0.25) is 0 Å². The number of hydrazone groups is 1. The summed E-state index contributed by atoms with van der Waals surface area (Å²) in [6, 6.07) is 14.4. The highest BCUT2D eigenvalue weighted by Gasteiger charge is 2.12. The molecule has 0 saturated heterocycles. The van der Waals surface area contributed by atoms with Crippen molar-refractivity contribution < 1.29 is 8.42 Å². The Bertz CT molecular complexity index is 746. The lowest BCUT2D eigenvalue weighted by atomic mass is 10.1. The molecule has 0 heterocycles. The van der Waals surface area contributed by atoms with Crippen LogP contribution < -0.4 is 4.83 Å². The van der Waals surface area contributed by atoms with Crippen molar-refractivity contribution in [3.63, 3.8) is 0 Å². The van der Waals surface area contributed by atoms with Gasteiger partial charge in [0.25, 0.3) is 10.0 Å². The van der Waals surface area contributed by atoms with Crippen molar-refractivity contribution in [2.24, 2.45) is 5.10 Å². The van der Waals surface area contributed by atoms with E-state index >= 15 is 0 Å². The fraction of sp³-hybridized carbons (Fsp3) is 0.188. The van der Waals surface area contributed by atoms with Gasteiger partial charge in [0, 0.05) is 0 Å². The summed E-state index contributed by atoms with van der Waals surface area (Å²) in [4.78, 5) is 2.47. The van der Waals surface area contributed by atoms with E-state index in [1.807, 2.05) is 38.1 Å². The number of hydrogen-bond donors (Lipinski definition) is 1. The van der Waals surface area contributed by atoms with Gasteiger partial charge in [-0.15, -0.1) is 0 Å². The molecular formula is C16H18N2O2S. The minimum atomic E-state index is -3.63. The van der Waals surface area contributed by atoms with Crippen molar-refractivity contribution in [2.75, 3.05) is 0 Å². The standard InChI is InChI=1S/C16H18N2O2S/c1-12-4-8-15(9-5-12)14(3)17-18-21(19,20)16-10-6-13(2)7-11-16/h4-11,18H,1-3H3. The molecular weight excluding hydrogens is 284 g/mol. The lowest BCUT2D eigenvalue weighted by Crippen LogP contribution is -2.19. The monoisotopic (exact) mass is 302 g/mol. The average Bonchev–Trinajstić information content (AvgIpc) is 2.46. The summed E-state index contributed by atoms with van der Waals surface area (Å²) >= 11 is 0. The first-order valence-corrected chi connectivity index (χ1v) is 8.06. The van der Waals surface area contributed by atoms with E-state index in [1.165, 1.54) is 0 Å². The first-order valence-electron chi connectivity index (χ1n) is 6.58. The van der Waals surface area contributed by atoms with Crippen LogP contribution in [0.25, 0.3) is 0 Å². The van der Waals surface area contributed by atoms with Crippen LogP contribution in [0, 0.1) is 13.8 Å². The topological polar surface area (TPSA) is 58.5 Å². The molecule has 0 aliphatic carbocycles. The Morgan fingerprint density at radius 3 is 1.90 bits per heavy atom. The van der Waals surface area contributed by atoms with Crippen LogP contribution in [0.1, 0.15) is 23.6 Å². The zero-order valence-electron chi connectivity index (χ0n) is 12.3. The molecule has 2 aromatic rings. The zero-order chi connectivity index (χ0) is 15.5. The van der Waals surface area contributed by atoms with Gasteiger partial charge in [0.05, 0.1) is 10.6 Å². The lowest BCUT2D eigenvalue weighted by Gasteiger charge is -2.06. The predicted molar refractivity (Wildman–Crippen MR) is 84.9 cm³/mol. The van der Waals surface area contributed by atoms with Crippen molar-refractivity contribution >= 4 is 15.7 Å². The number of hydrogen-bond acceptors (Lipinski definition) is 3. The largest absolute Gasteiger partial charge is 0.276 e. The van der Waals surface area contributed by atoms with E-state index in [1.54, 1.807) is 31.2 Å². The summed E-state index contributed by atoms with van der Waals surface area (Å²) in [6.07, 6.45) is 0. The van der Waals surface area contributed by atoms with E-state index in [9.17, 15) is 8.42 Å². The number of aryl methyl sites for hydroxylation is 2.